The zero-order chi connectivity index (χ0) is 23.1. The number of likely N-dealkylation sites (tertiary alicyclic amines) is 1. The van der Waals surface area contributed by atoms with Crippen LogP contribution in [0.3, 0.4) is 0 Å². The average Bonchev–Trinajstić information content (AvgIpc) is 2.77. The monoisotopic (exact) mass is 428 g/mol. The Morgan fingerprint density at radius 1 is 1.00 bits per heavy atom. The molecular weight excluding hydrogens is 384 g/mol. The van der Waals surface area contributed by atoms with Crippen LogP contribution in [0.4, 0.5) is 0 Å². The fourth-order valence-corrected chi connectivity index (χ4v) is 5.37. The van der Waals surface area contributed by atoms with E-state index >= 15 is 0 Å². The Morgan fingerprint density at radius 2 is 1.65 bits per heavy atom. The molecule has 4 atom stereocenters. The first-order valence-corrected chi connectivity index (χ1v) is 12.4. The number of hydrogen-bond acceptors (Lipinski definition) is 2. The summed E-state index contributed by atoms with van der Waals surface area (Å²) in [5.74, 6) is 0.434. The number of nitrogens with one attached hydrogen (secondary N) is 1. The van der Waals surface area contributed by atoms with E-state index in [0.717, 1.165) is 32.1 Å². The number of nitrogens with zero attached hydrogens (tertiary/aromatic N) is 1. The Bertz CT molecular complexity index is 719. The van der Waals surface area contributed by atoms with Gasteiger partial charge in [0.2, 0.25) is 5.91 Å². The van der Waals surface area contributed by atoms with Gasteiger partial charge in [-0.05, 0) is 57.6 Å². The van der Waals surface area contributed by atoms with Gasteiger partial charge in [0, 0.05) is 29.1 Å². The molecule has 4 unspecified atom stereocenters. The van der Waals surface area contributed by atoms with Crippen LogP contribution >= 0.6 is 0 Å². The van der Waals surface area contributed by atoms with Crippen molar-refractivity contribution in [3.05, 3.63) is 35.9 Å². The summed E-state index contributed by atoms with van der Waals surface area (Å²) in [6.45, 7) is 13.2. The molecule has 174 valence electrons. The first kappa shape index (κ1) is 25.4. The van der Waals surface area contributed by atoms with Crippen LogP contribution in [0.2, 0.25) is 0 Å². The van der Waals surface area contributed by atoms with Crippen molar-refractivity contribution in [3.63, 3.8) is 0 Å². The number of unbranched alkanes of at least 4 members (excludes halogenated alkanes) is 4. The van der Waals surface area contributed by atoms with E-state index < -0.39 is 0 Å². The third kappa shape index (κ3) is 5.70. The second-order valence-electron chi connectivity index (χ2n) is 9.89. The maximum atomic E-state index is 13.5. The summed E-state index contributed by atoms with van der Waals surface area (Å²) in [4.78, 5) is 28.6. The van der Waals surface area contributed by atoms with E-state index in [2.05, 4.69) is 51.8 Å². The second kappa shape index (κ2) is 11.2. The van der Waals surface area contributed by atoms with E-state index in [1.54, 1.807) is 0 Å². The minimum Gasteiger partial charge on any atom is -0.349 e. The molecule has 0 saturated carbocycles. The third-order valence-electron chi connectivity index (χ3n) is 7.87. The molecule has 2 rings (SSSR count). The van der Waals surface area contributed by atoms with Crippen molar-refractivity contribution >= 4 is 11.8 Å². The number of carbonyl (C=O) groups is 2. The number of amides is 2. The maximum Gasteiger partial charge on any atom is 0.251 e. The fourth-order valence-electron chi connectivity index (χ4n) is 5.37. The quantitative estimate of drug-likeness (QED) is 0.441. The molecule has 0 aliphatic carbocycles. The summed E-state index contributed by atoms with van der Waals surface area (Å²) in [5.41, 5.74) is 0.154. The molecule has 0 spiro atoms. The highest BCUT2D eigenvalue weighted by Gasteiger charge is 2.54. The molecule has 0 aromatic heterocycles. The minimum absolute atomic E-state index is 0.0231. The normalized spacial score (nSPS) is 28.4. The molecule has 1 N–H and O–H groups in total. The van der Waals surface area contributed by atoms with Crippen LogP contribution in [-0.2, 0) is 4.79 Å². The lowest BCUT2D eigenvalue weighted by Crippen LogP contribution is -2.71. The van der Waals surface area contributed by atoms with E-state index in [4.69, 9.17) is 0 Å². The molecular formula is C27H44N2O2. The van der Waals surface area contributed by atoms with Gasteiger partial charge in [-0.3, -0.25) is 9.59 Å². The van der Waals surface area contributed by atoms with Gasteiger partial charge in [-0.15, -0.1) is 0 Å². The van der Waals surface area contributed by atoms with E-state index in [1.807, 2.05) is 30.3 Å². The van der Waals surface area contributed by atoms with Crippen LogP contribution in [0.1, 0.15) is 110 Å². The highest BCUT2D eigenvalue weighted by atomic mass is 16.2. The number of carbonyl (C=O) groups excluding carboxylic acids is 2. The summed E-state index contributed by atoms with van der Waals surface area (Å²) in [5, 5.41) is 3.31. The summed E-state index contributed by atoms with van der Waals surface area (Å²) in [6.07, 6.45) is 8.96. The Balaban J connectivity index is 2.21. The van der Waals surface area contributed by atoms with Gasteiger partial charge in [0.15, 0.2) is 0 Å². The second-order valence-corrected chi connectivity index (χ2v) is 9.89. The number of benzene rings is 1. The third-order valence-corrected chi connectivity index (χ3v) is 7.87. The van der Waals surface area contributed by atoms with Crippen LogP contribution in [0.15, 0.2) is 30.3 Å². The van der Waals surface area contributed by atoms with Crippen molar-refractivity contribution in [3.8, 4) is 0 Å². The molecule has 1 aromatic rings. The molecule has 4 nitrogen and oxygen atoms in total. The molecule has 1 aliphatic heterocycles. The predicted molar refractivity (Wildman–Crippen MR) is 129 cm³/mol. The van der Waals surface area contributed by atoms with E-state index in [0.29, 0.717) is 12.0 Å². The molecule has 1 fully saturated rings. The molecule has 2 amide bonds. The van der Waals surface area contributed by atoms with Gasteiger partial charge in [-0.25, -0.2) is 0 Å². The van der Waals surface area contributed by atoms with Crippen molar-refractivity contribution in [1.29, 1.82) is 0 Å². The van der Waals surface area contributed by atoms with E-state index in [1.165, 1.54) is 19.3 Å². The number of piperidine rings is 1. The van der Waals surface area contributed by atoms with Crippen LogP contribution in [0.5, 0.6) is 0 Å². The lowest BCUT2D eigenvalue weighted by atomic mass is 9.66. The highest BCUT2D eigenvalue weighted by Crippen LogP contribution is 2.46. The molecule has 1 aromatic carbocycles. The molecule has 1 heterocycles. The largest absolute Gasteiger partial charge is 0.349 e. The molecule has 0 radical (unpaired) electrons. The minimum atomic E-state index is -0.280. The summed E-state index contributed by atoms with van der Waals surface area (Å²) in [7, 11) is 0. The molecule has 4 heteroatoms. The summed E-state index contributed by atoms with van der Waals surface area (Å²) >= 11 is 0. The van der Waals surface area contributed by atoms with E-state index in [-0.39, 0.29) is 34.9 Å². The lowest BCUT2D eigenvalue weighted by Gasteiger charge is -2.61. The van der Waals surface area contributed by atoms with E-state index in [9.17, 15) is 9.59 Å². The smallest absolute Gasteiger partial charge is 0.251 e. The highest BCUT2D eigenvalue weighted by molar-refractivity contribution is 5.94. The predicted octanol–water partition coefficient (Wildman–Crippen LogP) is 6.35. The van der Waals surface area contributed by atoms with Gasteiger partial charge in [-0.2, -0.15) is 0 Å². The molecule has 31 heavy (non-hydrogen) atoms. The molecule has 1 aliphatic rings. The maximum absolute atomic E-state index is 13.5. The van der Waals surface area contributed by atoms with Crippen LogP contribution in [-0.4, -0.2) is 33.8 Å². The molecule has 1 saturated heterocycles. The van der Waals surface area contributed by atoms with Gasteiger partial charge in [0.25, 0.3) is 5.91 Å². The topological polar surface area (TPSA) is 49.4 Å². The van der Waals surface area contributed by atoms with Gasteiger partial charge < -0.3 is 10.2 Å². The SMILES string of the molecule is CCCCCCCC(=O)N1C(C)(CC)CC(NC(=O)c2ccccc2)C(C)C1(C)CC. The standard InChI is InChI=1S/C27H44N2O2/c1-7-10-11-12-16-19-24(30)29-26(5,8-2)20-23(21(4)27(29,6)9-3)28-25(31)22-17-14-13-15-18-22/h13-15,17-18,21,23H,7-12,16,19-20H2,1-6H3,(H,28,31). The zero-order valence-corrected chi connectivity index (χ0v) is 20.7. The van der Waals surface area contributed by atoms with Crippen LogP contribution in [0, 0.1) is 5.92 Å². The fraction of sp³-hybridized carbons (Fsp3) is 0.704. The Labute approximate surface area is 190 Å². The Hall–Kier alpha value is -1.84. The van der Waals surface area contributed by atoms with Gasteiger partial charge >= 0.3 is 0 Å². The van der Waals surface area contributed by atoms with Crippen molar-refractivity contribution in [1.82, 2.24) is 10.2 Å². The first-order valence-electron chi connectivity index (χ1n) is 12.4. The zero-order valence-electron chi connectivity index (χ0n) is 20.7. The van der Waals surface area contributed by atoms with Crippen molar-refractivity contribution < 1.29 is 9.59 Å². The van der Waals surface area contributed by atoms with Crippen LogP contribution < -0.4 is 5.32 Å². The van der Waals surface area contributed by atoms with Crippen molar-refractivity contribution in [2.75, 3.05) is 0 Å². The average molecular weight is 429 g/mol. The van der Waals surface area contributed by atoms with Gasteiger partial charge in [-0.1, -0.05) is 71.6 Å². The number of rotatable bonds is 10. The van der Waals surface area contributed by atoms with Gasteiger partial charge in [0.05, 0.1) is 0 Å². The van der Waals surface area contributed by atoms with Crippen LogP contribution in [0.25, 0.3) is 0 Å². The Morgan fingerprint density at radius 3 is 2.23 bits per heavy atom. The first-order chi connectivity index (χ1) is 14.7. The van der Waals surface area contributed by atoms with Gasteiger partial charge in [0.1, 0.15) is 0 Å². The number of hydrogen-bond donors (Lipinski definition) is 1. The Kier molecular flexibility index (Phi) is 9.14. The lowest BCUT2D eigenvalue weighted by molar-refractivity contribution is -0.160. The van der Waals surface area contributed by atoms with Crippen molar-refractivity contribution in [2.24, 2.45) is 5.92 Å². The summed E-state index contributed by atoms with van der Waals surface area (Å²) in [6, 6.07) is 9.47. The molecule has 0 bridgehead atoms. The van der Waals surface area contributed by atoms with Crippen molar-refractivity contribution in [2.45, 2.75) is 116 Å². The summed E-state index contributed by atoms with van der Waals surface area (Å²) < 4.78 is 0.